The maximum Gasteiger partial charge on any atom is 0.344 e. The molecule has 0 unspecified atom stereocenters. The number of amides is 4. The van der Waals surface area contributed by atoms with Gasteiger partial charge < -0.3 is 4.74 Å². The van der Waals surface area contributed by atoms with Gasteiger partial charge in [-0.1, -0.05) is 26.0 Å². The Balaban J connectivity index is 1.77. The Morgan fingerprint density at radius 1 is 1.12 bits per heavy atom. The van der Waals surface area contributed by atoms with Gasteiger partial charge >= 0.3 is 6.03 Å². The van der Waals surface area contributed by atoms with Crippen LogP contribution in [0.2, 0.25) is 0 Å². The molecule has 40 heavy (non-hydrogen) atoms. The third-order valence-corrected chi connectivity index (χ3v) is 6.48. The van der Waals surface area contributed by atoms with E-state index >= 15 is 0 Å². The van der Waals surface area contributed by atoms with E-state index in [9.17, 15) is 14.4 Å². The molecule has 4 amide bonds. The molecule has 212 valence electrons. The van der Waals surface area contributed by atoms with Crippen LogP contribution in [0.25, 0.3) is 0 Å². The fourth-order valence-electron chi connectivity index (χ4n) is 4.23. The van der Waals surface area contributed by atoms with Crippen LogP contribution in [-0.4, -0.2) is 65.2 Å². The smallest absolute Gasteiger partial charge is 0.344 e. The number of carbonyl (C=O) groups excluding carboxylic acids is 3. The van der Waals surface area contributed by atoms with E-state index in [0.29, 0.717) is 23.3 Å². The van der Waals surface area contributed by atoms with Gasteiger partial charge in [-0.15, -0.1) is 0 Å². The molecule has 3 rings (SSSR count). The van der Waals surface area contributed by atoms with Crippen molar-refractivity contribution >= 4 is 29.7 Å². The number of ether oxygens (including phenoxy) is 1. The van der Waals surface area contributed by atoms with Gasteiger partial charge in [-0.05, 0) is 75.9 Å². The maximum atomic E-state index is 13.6. The number of allylic oxidation sites excluding steroid dienone is 1. The van der Waals surface area contributed by atoms with Crippen molar-refractivity contribution in [1.29, 1.82) is 0 Å². The molecule has 1 aliphatic rings. The highest BCUT2D eigenvalue weighted by atomic mass is 16.5. The Labute approximate surface area is 236 Å². The second kappa shape index (κ2) is 14.2. The quantitative estimate of drug-likeness (QED) is 0.203. The van der Waals surface area contributed by atoms with Crippen LogP contribution in [0.4, 0.5) is 10.5 Å². The summed E-state index contributed by atoms with van der Waals surface area (Å²) in [6, 6.07) is 8.78. The van der Waals surface area contributed by atoms with Crippen LogP contribution < -0.4 is 9.64 Å². The predicted molar refractivity (Wildman–Crippen MR) is 157 cm³/mol. The topological polar surface area (TPSA) is 95.4 Å². The molecule has 0 aliphatic carbocycles. The number of imide groups is 1. The molecule has 2 aromatic rings. The third-order valence-electron chi connectivity index (χ3n) is 6.48. The summed E-state index contributed by atoms with van der Waals surface area (Å²) in [5.41, 5.74) is 3.42. The number of hydrogen-bond donors (Lipinski definition) is 0. The molecule has 9 nitrogen and oxygen atoms in total. The summed E-state index contributed by atoms with van der Waals surface area (Å²) in [6.07, 6.45) is 10.6. The van der Waals surface area contributed by atoms with E-state index < -0.39 is 0 Å². The zero-order valence-electron chi connectivity index (χ0n) is 24.3. The maximum absolute atomic E-state index is 13.6. The van der Waals surface area contributed by atoms with E-state index in [-0.39, 0.29) is 37.0 Å². The van der Waals surface area contributed by atoms with Gasteiger partial charge in [0.25, 0.3) is 11.8 Å². The normalized spacial score (nSPS) is 13.8. The van der Waals surface area contributed by atoms with Gasteiger partial charge in [0.15, 0.2) is 0 Å². The number of aromatic nitrogens is 1. The summed E-state index contributed by atoms with van der Waals surface area (Å²) in [6.45, 7) is 9.96. The molecular weight excluding hydrogens is 506 g/mol. The van der Waals surface area contributed by atoms with Gasteiger partial charge in [-0.2, -0.15) is 5.10 Å². The Hall–Kier alpha value is -4.27. The van der Waals surface area contributed by atoms with Crippen molar-refractivity contribution in [1.82, 2.24) is 14.9 Å². The highest BCUT2D eigenvalue weighted by Crippen LogP contribution is 2.23. The van der Waals surface area contributed by atoms with Crippen molar-refractivity contribution in [2.45, 2.75) is 60.0 Å². The van der Waals surface area contributed by atoms with Gasteiger partial charge in [0, 0.05) is 54.9 Å². The van der Waals surface area contributed by atoms with Crippen molar-refractivity contribution in [3.63, 3.8) is 0 Å². The van der Waals surface area contributed by atoms with Gasteiger partial charge in [0.05, 0.1) is 12.3 Å². The number of pyridine rings is 1. The van der Waals surface area contributed by atoms with Crippen LogP contribution in [-0.2, 0) is 16.0 Å². The van der Waals surface area contributed by atoms with Gasteiger partial charge in [0.2, 0.25) is 0 Å². The van der Waals surface area contributed by atoms with Crippen LogP contribution in [0.15, 0.2) is 71.1 Å². The predicted octanol–water partition coefficient (Wildman–Crippen LogP) is 5.37. The number of anilines is 1. The lowest BCUT2D eigenvalue weighted by Gasteiger charge is -2.25. The van der Waals surface area contributed by atoms with Crippen molar-refractivity contribution in [2.75, 3.05) is 25.0 Å². The number of hydrazone groups is 1. The SMILES string of the molecule is CC/C=C\C1=C(C)C(=O)N(CCCN(/N=C/c2ccncc2CC)C(=O)N(C)c2ccc(OC(C)C)cc2)C1=O. The Morgan fingerprint density at radius 2 is 1.85 bits per heavy atom. The van der Waals surface area contributed by atoms with Crippen molar-refractivity contribution < 1.29 is 19.1 Å². The first-order valence-electron chi connectivity index (χ1n) is 13.7. The number of urea groups is 1. The zero-order valence-corrected chi connectivity index (χ0v) is 24.3. The lowest BCUT2D eigenvalue weighted by Crippen LogP contribution is -2.40. The summed E-state index contributed by atoms with van der Waals surface area (Å²) < 4.78 is 5.71. The van der Waals surface area contributed by atoms with Crippen LogP contribution in [0.5, 0.6) is 5.75 Å². The summed E-state index contributed by atoms with van der Waals surface area (Å²) in [4.78, 5) is 46.1. The Kier molecular flexibility index (Phi) is 10.8. The monoisotopic (exact) mass is 545 g/mol. The fourth-order valence-corrected chi connectivity index (χ4v) is 4.23. The first-order valence-corrected chi connectivity index (χ1v) is 13.7. The van der Waals surface area contributed by atoms with Crippen LogP contribution >= 0.6 is 0 Å². The van der Waals surface area contributed by atoms with Crippen molar-refractivity contribution in [2.24, 2.45) is 5.10 Å². The molecule has 0 bridgehead atoms. The van der Waals surface area contributed by atoms with Crippen molar-refractivity contribution in [3.05, 3.63) is 77.2 Å². The highest BCUT2D eigenvalue weighted by Gasteiger charge is 2.34. The third kappa shape index (κ3) is 7.43. The number of rotatable bonds is 12. The molecule has 0 atom stereocenters. The average molecular weight is 546 g/mol. The summed E-state index contributed by atoms with van der Waals surface area (Å²) in [5, 5.41) is 5.90. The number of aryl methyl sites for hydroxylation is 1. The molecule has 9 heteroatoms. The van der Waals surface area contributed by atoms with E-state index in [4.69, 9.17) is 4.74 Å². The number of hydrogen-bond acceptors (Lipinski definition) is 6. The van der Waals surface area contributed by atoms with Gasteiger partial charge in [-0.3, -0.25) is 24.4 Å². The second-order valence-corrected chi connectivity index (χ2v) is 9.76. The molecule has 0 N–H and O–H groups in total. The lowest BCUT2D eigenvalue weighted by molar-refractivity contribution is -0.137. The molecule has 0 saturated carbocycles. The van der Waals surface area contributed by atoms with Crippen LogP contribution in [0.3, 0.4) is 0 Å². The molecule has 2 heterocycles. The minimum atomic E-state index is -0.346. The van der Waals surface area contributed by atoms with Crippen LogP contribution in [0, 0.1) is 0 Å². The first-order chi connectivity index (χ1) is 19.2. The number of benzene rings is 1. The molecule has 1 aromatic carbocycles. The number of nitrogens with zero attached hydrogens (tertiary/aromatic N) is 5. The van der Waals surface area contributed by atoms with Gasteiger partial charge in [-0.25, -0.2) is 9.80 Å². The van der Waals surface area contributed by atoms with Crippen molar-refractivity contribution in [3.8, 4) is 5.75 Å². The standard InChI is InChI=1S/C31H39N5O4/c1-7-9-11-28-23(5)29(37)35(30(28)38)18-10-19-36(33-21-25-16-17-32-20-24(25)8-2)31(39)34(6)26-12-14-27(15-13-26)40-22(3)4/h9,11-17,20-22H,7-8,10,18-19H2,1-6H3/b11-9-,33-21+. The Morgan fingerprint density at radius 3 is 2.50 bits per heavy atom. The molecule has 0 saturated heterocycles. The van der Waals surface area contributed by atoms with E-state index in [2.05, 4.69) is 10.1 Å². The minimum absolute atomic E-state index is 0.0448. The molecular formula is C31H39N5O4. The first kappa shape index (κ1) is 30.3. The van der Waals surface area contributed by atoms with E-state index in [1.165, 1.54) is 14.8 Å². The van der Waals surface area contributed by atoms with E-state index in [1.807, 2.05) is 64.1 Å². The lowest BCUT2D eigenvalue weighted by atomic mass is 10.1. The molecule has 1 aliphatic heterocycles. The molecule has 0 radical (unpaired) electrons. The summed E-state index contributed by atoms with van der Waals surface area (Å²) in [7, 11) is 1.68. The fraction of sp³-hybridized carbons (Fsp3) is 0.387. The summed E-state index contributed by atoms with van der Waals surface area (Å²) in [5.74, 6) is 0.113. The Bertz CT molecular complexity index is 1300. The summed E-state index contributed by atoms with van der Waals surface area (Å²) >= 11 is 0. The average Bonchev–Trinajstić information content (AvgIpc) is 3.15. The number of carbonyl (C=O) groups is 3. The van der Waals surface area contributed by atoms with E-state index in [0.717, 1.165) is 29.7 Å². The zero-order chi connectivity index (χ0) is 29.2. The van der Waals surface area contributed by atoms with Crippen LogP contribution in [0.1, 0.15) is 58.6 Å². The highest BCUT2D eigenvalue weighted by molar-refractivity contribution is 6.20. The minimum Gasteiger partial charge on any atom is -0.491 e. The largest absolute Gasteiger partial charge is 0.491 e. The molecule has 1 aromatic heterocycles. The molecule has 0 fully saturated rings. The second-order valence-electron chi connectivity index (χ2n) is 9.76. The molecule has 0 spiro atoms. The van der Waals surface area contributed by atoms with E-state index in [1.54, 1.807) is 38.7 Å². The van der Waals surface area contributed by atoms with Gasteiger partial charge in [0.1, 0.15) is 5.75 Å².